The zero-order chi connectivity index (χ0) is 26.9. The van der Waals surface area contributed by atoms with Crippen molar-refractivity contribution in [1.82, 2.24) is 0 Å². The average molecular weight is 497 g/mol. The van der Waals surface area contributed by atoms with Crippen molar-refractivity contribution in [1.29, 1.82) is 0 Å². The van der Waals surface area contributed by atoms with Crippen LogP contribution in [0.25, 0.3) is 0 Å². The maximum absolute atomic E-state index is 11.9. The van der Waals surface area contributed by atoms with Crippen molar-refractivity contribution in [2.24, 2.45) is 50.7 Å². The van der Waals surface area contributed by atoms with Crippen LogP contribution in [0, 0.1) is 50.7 Å². The molecule has 8 unspecified atom stereocenters. The first-order valence-corrected chi connectivity index (χ1v) is 15.0. The van der Waals surface area contributed by atoms with Crippen LogP contribution in [-0.2, 0) is 9.53 Å². The van der Waals surface area contributed by atoms with Gasteiger partial charge in [0.15, 0.2) is 0 Å². The van der Waals surface area contributed by atoms with Gasteiger partial charge in [-0.25, -0.2) is 0 Å². The molecule has 0 radical (unpaired) electrons. The molecule has 0 aromatic heterocycles. The monoisotopic (exact) mass is 496 g/mol. The fourth-order valence-corrected chi connectivity index (χ4v) is 9.90. The summed E-state index contributed by atoms with van der Waals surface area (Å²) in [4.78, 5) is 11.9. The van der Waals surface area contributed by atoms with Crippen molar-refractivity contribution in [3.8, 4) is 0 Å². The Balaban J connectivity index is 1.61. The van der Waals surface area contributed by atoms with Crippen LogP contribution in [0.3, 0.4) is 0 Å². The highest BCUT2D eigenvalue weighted by molar-refractivity contribution is 5.66. The lowest BCUT2D eigenvalue weighted by Gasteiger charge is -2.64. The van der Waals surface area contributed by atoms with Gasteiger partial charge in [0.1, 0.15) is 6.10 Å². The Hall–Kier alpha value is -1.05. The van der Waals surface area contributed by atoms with E-state index in [2.05, 4.69) is 81.4 Å². The highest BCUT2D eigenvalue weighted by Gasteiger charge is 2.65. The predicted octanol–water partition coefficient (Wildman–Crippen LogP) is 9.54. The van der Waals surface area contributed by atoms with Gasteiger partial charge in [-0.3, -0.25) is 4.79 Å². The van der Waals surface area contributed by atoms with E-state index < -0.39 is 0 Å². The Bertz CT molecular complexity index is 931. The van der Waals surface area contributed by atoms with Gasteiger partial charge in [-0.1, -0.05) is 85.6 Å². The summed E-state index contributed by atoms with van der Waals surface area (Å²) in [6, 6.07) is 0. The van der Waals surface area contributed by atoms with E-state index >= 15 is 0 Å². The van der Waals surface area contributed by atoms with Crippen molar-refractivity contribution in [2.45, 2.75) is 134 Å². The molecular formula is C34H56O2. The van der Waals surface area contributed by atoms with Crippen molar-refractivity contribution in [2.75, 3.05) is 0 Å². The van der Waals surface area contributed by atoms with Gasteiger partial charge in [-0.15, -0.1) is 0 Å². The van der Waals surface area contributed by atoms with E-state index in [4.69, 9.17) is 4.74 Å². The number of allylic oxidation sites excluding steroid dienone is 4. The number of hydrogen-bond donors (Lipinski definition) is 0. The van der Waals surface area contributed by atoms with Crippen LogP contribution in [0.15, 0.2) is 23.3 Å². The number of ether oxygens (including phenoxy) is 1. The lowest BCUT2D eigenvalue weighted by atomic mass is 9.41. The maximum atomic E-state index is 11.9. The molecule has 2 heteroatoms. The summed E-state index contributed by atoms with van der Waals surface area (Å²) >= 11 is 0. The number of carbonyl (C=O) groups excluding carboxylic acids is 1. The van der Waals surface area contributed by atoms with Crippen molar-refractivity contribution in [3.63, 3.8) is 0 Å². The topological polar surface area (TPSA) is 26.3 Å². The summed E-state index contributed by atoms with van der Waals surface area (Å²) in [5.41, 5.74) is 4.63. The highest BCUT2D eigenvalue weighted by Crippen LogP contribution is 2.73. The van der Waals surface area contributed by atoms with Crippen LogP contribution < -0.4 is 0 Å². The van der Waals surface area contributed by atoms with E-state index in [-0.39, 0.29) is 28.3 Å². The molecule has 4 aliphatic carbocycles. The molecule has 0 aromatic carbocycles. The largest absolute Gasteiger partial charge is 0.462 e. The third-order valence-corrected chi connectivity index (χ3v) is 12.8. The Morgan fingerprint density at radius 2 is 1.69 bits per heavy atom. The fraction of sp³-hybridized carbons (Fsp3) is 0.853. The van der Waals surface area contributed by atoms with Crippen molar-refractivity contribution in [3.05, 3.63) is 23.3 Å². The van der Waals surface area contributed by atoms with E-state index in [1.54, 1.807) is 12.5 Å². The zero-order valence-electron chi connectivity index (χ0n) is 25.5. The van der Waals surface area contributed by atoms with Crippen molar-refractivity contribution < 1.29 is 9.53 Å². The molecule has 2 nitrogen and oxygen atoms in total. The molecule has 0 aliphatic heterocycles. The number of carbonyl (C=O) groups is 1. The molecule has 8 atom stereocenters. The van der Waals surface area contributed by atoms with Gasteiger partial charge in [0.05, 0.1) is 0 Å². The van der Waals surface area contributed by atoms with Gasteiger partial charge in [0, 0.05) is 12.3 Å². The Morgan fingerprint density at radius 1 is 1.03 bits per heavy atom. The zero-order valence-corrected chi connectivity index (χ0v) is 25.5. The quantitative estimate of drug-likeness (QED) is 0.286. The summed E-state index contributed by atoms with van der Waals surface area (Å²) in [6.45, 7) is 26.1. The molecule has 0 heterocycles. The molecule has 3 saturated carbocycles. The smallest absolute Gasteiger partial charge is 0.302 e. The summed E-state index contributed by atoms with van der Waals surface area (Å²) in [7, 11) is 0. The SMILES string of the molecule is CC(=O)OC1CCC2(C)C3=CCC4(C)C(C(C)CC=C(C)C(C)(C)C)CCC4(C)C3CCC2C1(C)C. The molecule has 3 fully saturated rings. The molecule has 0 amide bonds. The van der Waals surface area contributed by atoms with Crippen LogP contribution in [0.5, 0.6) is 0 Å². The van der Waals surface area contributed by atoms with Crippen LogP contribution in [0.4, 0.5) is 0 Å². The standard InChI is InChI=1S/C34H56O2/c1-22(12-13-23(2)30(4,5)6)25-16-20-34(11)27-14-15-28-31(7,8)29(36-24(3)35)18-19-32(28,9)26(27)17-21-33(25,34)10/h13,17,22,25,27-29H,12,14-16,18-21H2,1-11H3. The molecule has 0 spiro atoms. The van der Waals surface area contributed by atoms with Gasteiger partial charge >= 0.3 is 5.97 Å². The first-order chi connectivity index (χ1) is 16.5. The Morgan fingerprint density at radius 3 is 2.31 bits per heavy atom. The normalized spacial score (nSPS) is 43.1. The fourth-order valence-electron chi connectivity index (χ4n) is 9.90. The van der Waals surface area contributed by atoms with E-state index in [0.29, 0.717) is 22.7 Å². The summed E-state index contributed by atoms with van der Waals surface area (Å²) < 4.78 is 5.88. The minimum absolute atomic E-state index is 0.0239. The third kappa shape index (κ3) is 4.16. The third-order valence-electron chi connectivity index (χ3n) is 12.8. The van der Waals surface area contributed by atoms with E-state index in [1.165, 1.54) is 44.1 Å². The number of esters is 1. The molecule has 204 valence electrons. The molecule has 0 N–H and O–H groups in total. The van der Waals surface area contributed by atoms with E-state index in [9.17, 15) is 4.79 Å². The molecule has 0 saturated heterocycles. The summed E-state index contributed by atoms with van der Waals surface area (Å²) in [6.07, 6.45) is 15.3. The first kappa shape index (κ1) is 28.0. The second-order valence-corrected chi connectivity index (χ2v) is 15.8. The van der Waals surface area contributed by atoms with Gasteiger partial charge in [0.25, 0.3) is 0 Å². The molecule has 36 heavy (non-hydrogen) atoms. The van der Waals surface area contributed by atoms with E-state index in [1.807, 2.05) is 0 Å². The van der Waals surface area contributed by atoms with Gasteiger partial charge in [-0.05, 0) is 104 Å². The highest BCUT2D eigenvalue weighted by atomic mass is 16.5. The molecule has 4 rings (SSSR count). The van der Waals surface area contributed by atoms with Crippen LogP contribution in [-0.4, -0.2) is 12.1 Å². The van der Waals surface area contributed by atoms with E-state index in [0.717, 1.165) is 24.7 Å². The molecular weight excluding hydrogens is 440 g/mol. The van der Waals surface area contributed by atoms with Crippen LogP contribution in [0.1, 0.15) is 128 Å². The lowest BCUT2D eigenvalue weighted by Crippen LogP contribution is -2.58. The lowest BCUT2D eigenvalue weighted by molar-refractivity contribution is -0.170. The molecule has 0 bridgehead atoms. The molecule has 0 aromatic rings. The van der Waals surface area contributed by atoms with Crippen molar-refractivity contribution >= 4 is 5.97 Å². The average Bonchev–Trinajstić information content (AvgIpc) is 3.04. The second kappa shape index (κ2) is 9.01. The Kier molecular flexibility index (Phi) is 7.00. The molecule has 4 aliphatic rings. The first-order valence-electron chi connectivity index (χ1n) is 15.0. The van der Waals surface area contributed by atoms with Crippen LogP contribution in [0.2, 0.25) is 0 Å². The van der Waals surface area contributed by atoms with Gasteiger partial charge in [0.2, 0.25) is 0 Å². The van der Waals surface area contributed by atoms with Gasteiger partial charge < -0.3 is 4.74 Å². The summed E-state index contributed by atoms with van der Waals surface area (Å²) in [5, 5.41) is 0. The Labute approximate surface area is 223 Å². The minimum atomic E-state index is -0.121. The second-order valence-electron chi connectivity index (χ2n) is 15.8. The minimum Gasteiger partial charge on any atom is -0.462 e. The number of rotatable bonds is 4. The number of hydrogen-bond acceptors (Lipinski definition) is 2. The maximum Gasteiger partial charge on any atom is 0.302 e. The van der Waals surface area contributed by atoms with Gasteiger partial charge in [-0.2, -0.15) is 0 Å². The number of fused-ring (bicyclic) bond motifs is 5. The van der Waals surface area contributed by atoms with Crippen LogP contribution >= 0.6 is 0 Å². The summed E-state index contributed by atoms with van der Waals surface area (Å²) in [5.74, 6) is 2.70. The predicted molar refractivity (Wildman–Crippen MR) is 152 cm³/mol.